The van der Waals surface area contributed by atoms with E-state index in [2.05, 4.69) is 0 Å². The third-order valence-electron chi connectivity index (χ3n) is 6.41. The number of rotatable bonds is 13. The van der Waals surface area contributed by atoms with Crippen molar-refractivity contribution in [1.82, 2.24) is 4.90 Å². The van der Waals surface area contributed by atoms with Crippen LogP contribution in [0.5, 0.6) is 0 Å². The van der Waals surface area contributed by atoms with E-state index in [0.29, 0.717) is 26.4 Å². The van der Waals surface area contributed by atoms with Gasteiger partial charge in [0.25, 0.3) is 0 Å². The molecular formula is C32H39NO6. The summed E-state index contributed by atoms with van der Waals surface area (Å²) in [6, 6.07) is 29.2. The molecule has 0 radical (unpaired) electrons. The normalized spacial score (nSPS) is 17.3. The minimum atomic E-state index is -0.684. The van der Waals surface area contributed by atoms with E-state index in [0.717, 1.165) is 16.7 Å². The Morgan fingerprint density at radius 3 is 1.72 bits per heavy atom. The Hall–Kier alpha value is -3.23. The van der Waals surface area contributed by atoms with E-state index in [1.54, 1.807) is 4.90 Å². The first-order valence-electron chi connectivity index (χ1n) is 13.4. The second kappa shape index (κ2) is 13.7. The molecule has 7 nitrogen and oxygen atoms in total. The predicted molar refractivity (Wildman–Crippen MR) is 149 cm³/mol. The molecule has 1 fully saturated rings. The van der Waals surface area contributed by atoms with Gasteiger partial charge in [0.05, 0.1) is 32.5 Å². The number of aliphatic hydroxyl groups excluding tert-OH is 1. The van der Waals surface area contributed by atoms with Gasteiger partial charge in [-0.2, -0.15) is 0 Å². The summed E-state index contributed by atoms with van der Waals surface area (Å²) < 4.78 is 24.8. The third-order valence-corrected chi connectivity index (χ3v) is 6.41. The fourth-order valence-electron chi connectivity index (χ4n) is 4.37. The van der Waals surface area contributed by atoms with Crippen LogP contribution in [0.1, 0.15) is 37.5 Å². The summed E-state index contributed by atoms with van der Waals surface area (Å²) in [6.07, 6.45) is -2.29. The Morgan fingerprint density at radius 2 is 1.26 bits per heavy atom. The molecule has 3 aromatic rings. The number of carbonyl (C=O) groups excluding carboxylic acids is 1. The molecule has 1 N–H and O–H groups in total. The fraction of sp³-hybridized carbons (Fsp3) is 0.406. The molecular weight excluding hydrogens is 494 g/mol. The lowest BCUT2D eigenvalue weighted by molar-refractivity contribution is -0.163. The van der Waals surface area contributed by atoms with Crippen LogP contribution in [0, 0.1) is 0 Å². The summed E-state index contributed by atoms with van der Waals surface area (Å²) in [5, 5.41) is 10.5. The predicted octanol–water partition coefficient (Wildman–Crippen LogP) is 5.35. The molecule has 4 rings (SSSR count). The second-order valence-corrected chi connectivity index (χ2v) is 10.7. The first-order chi connectivity index (χ1) is 18.8. The molecule has 208 valence electrons. The molecule has 0 bridgehead atoms. The zero-order valence-electron chi connectivity index (χ0n) is 22.9. The van der Waals surface area contributed by atoms with Gasteiger partial charge in [-0.25, -0.2) is 4.79 Å². The van der Waals surface area contributed by atoms with Crippen molar-refractivity contribution < 1.29 is 28.8 Å². The summed E-state index contributed by atoms with van der Waals surface area (Å²) in [7, 11) is 0. The van der Waals surface area contributed by atoms with Crippen LogP contribution in [-0.4, -0.2) is 59.2 Å². The van der Waals surface area contributed by atoms with Gasteiger partial charge < -0.3 is 24.1 Å². The van der Waals surface area contributed by atoms with E-state index in [4.69, 9.17) is 18.9 Å². The lowest BCUT2D eigenvalue weighted by Crippen LogP contribution is -2.48. The second-order valence-electron chi connectivity index (χ2n) is 10.7. The summed E-state index contributed by atoms with van der Waals surface area (Å²) >= 11 is 0. The Labute approximate surface area is 231 Å². The van der Waals surface area contributed by atoms with Crippen molar-refractivity contribution in [3.05, 3.63) is 108 Å². The maximum Gasteiger partial charge on any atom is 0.410 e. The van der Waals surface area contributed by atoms with E-state index < -0.39 is 30.0 Å². The lowest BCUT2D eigenvalue weighted by Gasteiger charge is -2.33. The molecule has 0 aromatic heterocycles. The van der Waals surface area contributed by atoms with E-state index in [1.165, 1.54) is 0 Å². The number of nitrogens with zero attached hydrogens (tertiary/aromatic N) is 1. The monoisotopic (exact) mass is 533 g/mol. The van der Waals surface area contributed by atoms with Gasteiger partial charge in [0, 0.05) is 6.54 Å². The molecule has 0 saturated carbocycles. The highest BCUT2D eigenvalue weighted by molar-refractivity contribution is 5.71. The topological polar surface area (TPSA) is 77.2 Å². The molecule has 1 aliphatic heterocycles. The van der Waals surface area contributed by atoms with Gasteiger partial charge in [0.2, 0.25) is 0 Å². The standard InChI is InChI=1S/C32H39NO6/c1-32(2,3)39-31(35)33-19-27(33)29(37-22-25-15-9-5-10-16-25)30(38-23-26-17-11-6-12-18-26)28(20-34)36-21-24-13-7-4-8-14-24/h4-18,27-30,34H,19-23H2,1-3H3/t27-,28-,29+,30+,33?/m0/s1. The maximum atomic E-state index is 12.9. The molecule has 1 heterocycles. The van der Waals surface area contributed by atoms with E-state index >= 15 is 0 Å². The lowest BCUT2D eigenvalue weighted by atomic mass is 10.0. The molecule has 1 aliphatic rings. The Balaban J connectivity index is 1.57. The number of ether oxygens (including phenoxy) is 4. The Morgan fingerprint density at radius 1 is 0.795 bits per heavy atom. The molecule has 4 atom stereocenters. The van der Waals surface area contributed by atoms with Crippen LogP contribution in [0.2, 0.25) is 0 Å². The molecule has 39 heavy (non-hydrogen) atoms. The van der Waals surface area contributed by atoms with Gasteiger partial charge in [0.15, 0.2) is 0 Å². The number of amides is 1. The van der Waals surface area contributed by atoms with Crippen molar-refractivity contribution in [2.45, 2.75) is 70.5 Å². The molecule has 1 amide bonds. The van der Waals surface area contributed by atoms with Crippen LogP contribution < -0.4 is 0 Å². The Kier molecular flexibility index (Phi) is 10.1. The summed E-state index contributed by atoms with van der Waals surface area (Å²) in [5.41, 5.74) is 2.37. The van der Waals surface area contributed by atoms with Crippen molar-refractivity contribution >= 4 is 6.09 Å². The highest BCUT2D eigenvalue weighted by atomic mass is 16.6. The number of carbonyl (C=O) groups is 1. The first-order valence-corrected chi connectivity index (χ1v) is 13.4. The van der Waals surface area contributed by atoms with Crippen molar-refractivity contribution in [1.29, 1.82) is 0 Å². The minimum Gasteiger partial charge on any atom is -0.444 e. The largest absolute Gasteiger partial charge is 0.444 e. The minimum absolute atomic E-state index is 0.267. The molecule has 0 aliphatic carbocycles. The Bertz CT molecular complexity index is 1140. The van der Waals surface area contributed by atoms with Gasteiger partial charge in [-0.1, -0.05) is 91.0 Å². The molecule has 0 spiro atoms. The fourth-order valence-corrected chi connectivity index (χ4v) is 4.37. The van der Waals surface area contributed by atoms with Crippen molar-refractivity contribution in [2.24, 2.45) is 0 Å². The van der Waals surface area contributed by atoms with Gasteiger partial charge in [-0.05, 0) is 37.5 Å². The van der Waals surface area contributed by atoms with Crippen LogP contribution in [0.15, 0.2) is 91.0 Å². The highest BCUT2D eigenvalue weighted by Gasteiger charge is 2.51. The van der Waals surface area contributed by atoms with Crippen molar-refractivity contribution in [3.8, 4) is 0 Å². The molecule has 0 unspecified atom stereocenters. The average Bonchev–Trinajstić information content (AvgIpc) is 3.73. The van der Waals surface area contributed by atoms with Gasteiger partial charge >= 0.3 is 6.09 Å². The first kappa shape index (κ1) is 28.8. The molecule has 7 heteroatoms. The SMILES string of the molecule is CC(C)(C)OC(=O)N1C[C@H]1[C@@H](OCc1ccccc1)[C@H](OCc1ccccc1)[C@H](CO)OCc1ccccc1. The molecule has 1 saturated heterocycles. The zero-order valence-corrected chi connectivity index (χ0v) is 22.9. The number of aliphatic hydroxyl groups is 1. The van der Waals surface area contributed by atoms with Crippen LogP contribution in [0.3, 0.4) is 0 Å². The molecule has 3 aromatic carbocycles. The third kappa shape index (κ3) is 8.90. The van der Waals surface area contributed by atoms with E-state index in [-0.39, 0.29) is 12.6 Å². The van der Waals surface area contributed by atoms with Gasteiger partial charge in [-0.15, -0.1) is 0 Å². The van der Waals surface area contributed by atoms with Crippen molar-refractivity contribution in [2.75, 3.05) is 13.2 Å². The van der Waals surface area contributed by atoms with Crippen LogP contribution in [-0.2, 0) is 38.8 Å². The van der Waals surface area contributed by atoms with Crippen LogP contribution >= 0.6 is 0 Å². The number of hydrogen-bond donors (Lipinski definition) is 1. The summed E-state index contributed by atoms with van der Waals surface area (Å²) in [4.78, 5) is 14.5. The van der Waals surface area contributed by atoms with Crippen LogP contribution in [0.4, 0.5) is 4.79 Å². The average molecular weight is 534 g/mol. The summed E-state index contributed by atoms with van der Waals surface area (Å²) in [6.45, 7) is 6.68. The highest BCUT2D eigenvalue weighted by Crippen LogP contribution is 2.32. The quantitative estimate of drug-likeness (QED) is 0.298. The van der Waals surface area contributed by atoms with Gasteiger partial charge in [0.1, 0.15) is 23.9 Å². The number of hydrogen-bond acceptors (Lipinski definition) is 6. The van der Waals surface area contributed by atoms with Crippen molar-refractivity contribution in [3.63, 3.8) is 0 Å². The van der Waals surface area contributed by atoms with Gasteiger partial charge in [-0.3, -0.25) is 4.90 Å². The van der Waals surface area contributed by atoms with Crippen LogP contribution in [0.25, 0.3) is 0 Å². The van der Waals surface area contributed by atoms with E-state index in [9.17, 15) is 9.90 Å². The zero-order chi connectivity index (χ0) is 27.7. The van der Waals surface area contributed by atoms with E-state index in [1.807, 2.05) is 112 Å². The smallest absolute Gasteiger partial charge is 0.410 e. The number of benzene rings is 3. The maximum absolute atomic E-state index is 12.9. The summed E-state index contributed by atoms with van der Waals surface area (Å²) in [5.74, 6) is 0.